The highest BCUT2D eigenvalue weighted by atomic mass is 35.5. The van der Waals surface area contributed by atoms with Gasteiger partial charge in [0.15, 0.2) is 18.2 Å². The second kappa shape index (κ2) is 18.4. The number of benzene rings is 4. The third-order valence-electron chi connectivity index (χ3n) is 9.18. The van der Waals surface area contributed by atoms with Gasteiger partial charge in [0.25, 0.3) is 0 Å². The number of fused-ring (bicyclic) bond motifs is 2. The molecule has 1 N–H and O–H groups in total. The van der Waals surface area contributed by atoms with Crippen LogP contribution in [0.2, 0.25) is 10.0 Å². The van der Waals surface area contributed by atoms with Gasteiger partial charge in [-0.05, 0) is 62.8 Å². The molecule has 0 aliphatic carbocycles. The number of aromatic hydroxyl groups is 1. The standard InChI is InChI=1S/C19H14ClFN4O4.C12H12ClFN2O2.C7H3FN2O2/c20-17-13(21)8-14-12(10-23-24(14)16-6-1-2-7-28-16)19(17)29-15-5-3-4-11(9-22)18(15)25(26)27;13-11-8(14)5-9-7(12(11)17)6-15-16(9)10-3-1-2-4-18-10;8-6-3-1-2-5(4-9)7(6)10(11)12/h3-5,8,10,16H,1-2,6-7H2;5-6,10,17H,1-4H2;1-3H. The van der Waals surface area contributed by atoms with Gasteiger partial charge in [0.05, 0.1) is 44.0 Å². The molecule has 304 valence electrons. The monoisotopic (exact) mass is 852 g/mol. The van der Waals surface area contributed by atoms with E-state index in [1.165, 1.54) is 60.9 Å². The molecule has 2 atom stereocenters. The topological polar surface area (TPSA) is 217 Å². The van der Waals surface area contributed by atoms with Gasteiger partial charge in [0.1, 0.15) is 50.7 Å². The fraction of sp³-hybridized carbons (Fsp3) is 0.263. The van der Waals surface area contributed by atoms with Gasteiger partial charge in [0.2, 0.25) is 11.6 Å². The second-order valence-electron chi connectivity index (χ2n) is 12.8. The third-order valence-corrected chi connectivity index (χ3v) is 9.89. The van der Waals surface area contributed by atoms with Crippen LogP contribution in [0.1, 0.15) is 62.1 Å². The number of nitro benzene ring substituents is 2. The van der Waals surface area contributed by atoms with Crippen LogP contribution in [-0.2, 0) is 9.47 Å². The number of nitro groups is 2. The van der Waals surface area contributed by atoms with Crippen molar-refractivity contribution in [2.45, 2.75) is 51.0 Å². The molecule has 21 heteroatoms. The van der Waals surface area contributed by atoms with Gasteiger partial charge in [0, 0.05) is 25.3 Å². The molecule has 2 aromatic heterocycles. The van der Waals surface area contributed by atoms with Crippen molar-refractivity contribution in [1.29, 1.82) is 10.5 Å². The molecule has 16 nitrogen and oxygen atoms in total. The molecule has 59 heavy (non-hydrogen) atoms. The number of hydrogen-bond donors (Lipinski definition) is 1. The van der Waals surface area contributed by atoms with Crippen LogP contribution in [0.25, 0.3) is 21.8 Å². The zero-order valence-electron chi connectivity index (χ0n) is 30.4. The Morgan fingerprint density at radius 2 is 1.27 bits per heavy atom. The molecule has 2 aliphatic heterocycles. The highest BCUT2D eigenvalue weighted by molar-refractivity contribution is 6.33. The fourth-order valence-electron chi connectivity index (χ4n) is 6.39. The van der Waals surface area contributed by atoms with E-state index in [-0.39, 0.29) is 50.9 Å². The van der Waals surface area contributed by atoms with Crippen LogP contribution in [-0.4, -0.2) is 47.7 Å². The van der Waals surface area contributed by atoms with Crippen LogP contribution in [0.3, 0.4) is 0 Å². The third kappa shape index (κ3) is 8.83. The summed E-state index contributed by atoms with van der Waals surface area (Å²) < 4.78 is 61.0. The molecular formula is C38H29Cl2F3N8O8. The van der Waals surface area contributed by atoms with E-state index in [1.54, 1.807) is 15.4 Å². The largest absolute Gasteiger partial charge is 0.506 e. The summed E-state index contributed by atoms with van der Waals surface area (Å²) in [5.74, 6) is -3.00. The van der Waals surface area contributed by atoms with Crippen molar-refractivity contribution >= 4 is 56.4 Å². The lowest BCUT2D eigenvalue weighted by Crippen LogP contribution is -2.19. The van der Waals surface area contributed by atoms with Crippen molar-refractivity contribution < 1.29 is 42.3 Å². The summed E-state index contributed by atoms with van der Waals surface area (Å²) in [6, 6.07) is 13.2. The lowest BCUT2D eigenvalue weighted by Gasteiger charge is -2.23. The molecule has 0 bridgehead atoms. The Labute approximate surface area is 341 Å². The Hall–Kier alpha value is -6.51. The minimum absolute atomic E-state index is 0.109. The van der Waals surface area contributed by atoms with Crippen LogP contribution in [0.4, 0.5) is 24.5 Å². The minimum Gasteiger partial charge on any atom is -0.506 e. The highest BCUT2D eigenvalue weighted by Crippen LogP contribution is 2.43. The lowest BCUT2D eigenvalue weighted by molar-refractivity contribution is -0.387. The predicted molar refractivity (Wildman–Crippen MR) is 204 cm³/mol. The number of phenols is 1. The van der Waals surface area contributed by atoms with Gasteiger partial charge >= 0.3 is 11.4 Å². The molecule has 2 unspecified atom stereocenters. The number of aromatic nitrogens is 4. The van der Waals surface area contributed by atoms with Crippen molar-refractivity contribution in [2.24, 2.45) is 0 Å². The van der Waals surface area contributed by atoms with E-state index in [0.29, 0.717) is 35.0 Å². The molecule has 6 aromatic rings. The smallest absolute Gasteiger partial charge is 0.329 e. The van der Waals surface area contributed by atoms with E-state index < -0.39 is 38.7 Å². The number of para-hydroxylation sites is 2. The van der Waals surface area contributed by atoms with Crippen LogP contribution >= 0.6 is 23.2 Å². The minimum atomic E-state index is -0.987. The molecular weight excluding hydrogens is 824 g/mol. The molecule has 2 aliphatic rings. The first kappa shape index (κ1) is 42.1. The molecule has 0 radical (unpaired) electrons. The molecule has 0 amide bonds. The predicted octanol–water partition coefficient (Wildman–Crippen LogP) is 9.94. The number of hydrogen-bond acceptors (Lipinski definition) is 12. The number of nitrogens with zero attached hydrogens (tertiary/aromatic N) is 8. The normalized spacial score (nSPS) is 16.2. The summed E-state index contributed by atoms with van der Waals surface area (Å²) in [6.07, 6.45) is 7.94. The summed E-state index contributed by atoms with van der Waals surface area (Å²) >= 11 is 11.8. The average molecular weight is 854 g/mol. The molecule has 8 rings (SSSR count). The second-order valence-corrected chi connectivity index (χ2v) is 13.6. The number of ether oxygens (including phenoxy) is 3. The van der Waals surface area contributed by atoms with Crippen molar-refractivity contribution in [3.8, 4) is 29.4 Å². The first-order valence-corrected chi connectivity index (χ1v) is 18.4. The van der Waals surface area contributed by atoms with Crippen LogP contribution in [0, 0.1) is 60.3 Å². The van der Waals surface area contributed by atoms with Gasteiger partial charge in [-0.1, -0.05) is 35.3 Å². The summed E-state index contributed by atoms with van der Waals surface area (Å²) in [5.41, 5.74) is -0.830. The lowest BCUT2D eigenvalue weighted by atomic mass is 10.1. The molecule has 0 spiro atoms. The SMILES string of the molecule is N#Cc1cccc(F)c1[N+](=O)[O-].N#Cc1cccc(Oc2c(Cl)c(F)cc3c2cnn3C2CCCCO2)c1[N+](=O)[O-].Oc1c(Cl)c(F)cc2c1cnn2C1CCCCO1. The quantitative estimate of drug-likeness (QED) is 0.122. The van der Waals surface area contributed by atoms with E-state index in [9.17, 15) is 38.5 Å². The summed E-state index contributed by atoms with van der Waals surface area (Å²) in [6.45, 7) is 1.26. The molecule has 0 saturated carbocycles. The van der Waals surface area contributed by atoms with Crippen molar-refractivity contribution in [3.63, 3.8) is 0 Å². The van der Waals surface area contributed by atoms with E-state index in [2.05, 4.69) is 10.2 Å². The zero-order valence-corrected chi connectivity index (χ0v) is 31.9. The zero-order chi connectivity index (χ0) is 42.4. The number of phenolic OH excluding ortho intramolecular Hbond substituents is 1. The van der Waals surface area contributed by atoms with Gasteiger partial charge in [-0.2, -0.15) is 25.1 Å². The maximum Gasteiger partial charge on any atom is 0.329 e. The van der Waals surface area contributed by atoms with Gasteiger partial charge in [-0.3, -0.25) is 20.2 Å². The Kier molecular flexibility index (Phi) is 13.1. The maximum absolute atomic E-state index is 14.6. The molecule has 2 saturated heterocycles. The summed E-state index contributed by atoms with van der Waals surface area (Å²) in [4.78, 5) is 20.0. The van der Waals surface area contributed by atoms with Crippen molar-refractivity contribution in [1.82, 2.24) is 19.6 Å². The number of nitriles is 2. The number of halogens is 5. The first-order chi connectivity index (χ1) is 28.4. The van der Waals surface area contributed by atoms with Crippen LogP contribution < -0.4 is 4.74 Å². The molecule has 2 fully saturated rings. The number of rotatable bonds is 6. The maximum atomic E-state index is 14.6. The van der Waals surface area contributed by atoms with E-state index in [4.69, 9.17) is 47.9 Å². The highest BCUT2D eigenvalue weighted by Gasteiger charge is 2.27. The fourth-order valence-corrected chi connectivity index (χ4v) is 6.74. The van der Waals surface area contributed by atoms with Gasteiger partial charge in [-0.25, -0.2) is 18.1 Å². The summed E-state index contributed by atoms with van der Waals surface area (Å²) in [7, 11) is 0. The van der Waals surface area contributed by atoms with Gasteiger partial charge in [-0.15, -0.1) is 0 Å². The Morgan fingerprint density at radius 1 is 0.763 bits per heavy atom. The van der Waals surface area contributed by atoms with Crippen molar-refractivity contribution in [3.05, 3.63) is 120 Å². The van der Waals surface area contributed by atoms with E-state index in [0.717, 1.165) is 44.6 Å². The van der Waals surface area contributed by atoms with Crippen LogP contribution in [0.15, 0.2) is 60.9 Å². The Balaban J connectivity index is 0.000000165. The van der Waals surface area contributed by atoms with Crippen LogP contribution in [0.5, 0.6) is 17.2 Å². The first-order valence-electron chi connectivity index (χ1n) is 17.7. The van der Waals surface area contributed by atoms with Crippen molar-refractivity contribution in [2.75, 3.05) is 13.2 Å². The molecule has 4 aromatic carbocycles. The van der Waals surface area contributed by atoms with Gasteiger partial charge < -0.3 is 19.3 Å². The Morgan fingerprint density at radius 3 is 1.78 bits per heavy atom. The average Bonchev–Trinajstić information content (AvgIpc) is 3.86. The molecule has 4 heterocycles. The Bertz CT molecular complexity index is 2650. The van der Waals surface area contributed by atoms with E-state index >= 15 is 0 Å². The summed E-state index contributed by atoms with van der Waals surface area (Å²) in [5, 5.41) is 57.7. The van der Waals surface area contributed by atoms with E-state index in [1.807, 2.05) is 0 Å².